The van der Waals surface area contributed by atoms with E-state index in [1.165, 1.54) is 6.26 Å². The maximum Gasteiger partial charge on any atom is 0.291 e. The van der Waals surface area contributed by atoms with E-state index in [2.05, 4.69) is 10.6 Å². The highest BCUT2D eigenvalue weighted by Gasteiger charge is 2.10. The fraction of sp³-hybridized carbons (Fsp3) is 0.250. The molecule has 3 N–H and O–H groups in total. The molecule has 0 saturated heterocycles. The highest BCUT2D eigenvalue weighted by molar-refractivity contribution is 6.02. The van der Waals surface area contributed by atoms with Crippen molar-refractivity contribution in [2.75, 3.05) is 11.9 Å². The zero-order valence-electron chi connectivity index (χ0n) is 12.2. The van der Waals surface area contributed by atoms with E-state index in [1.807, 2.05) is 0 Å². The number of furan rings is 1. The predicted octanol–water partition coefficient (Wildman–Crippen LogP) is 2.03. The van der Waals surface area contributed by atoms with Gasteiger partial charge in [-0.05, 0) is 49.7 Å². The van der Waals surface area contributed by atoms with Crippen LogP contribution >= 0.6 is 0 Å². The lowest BCUT2D eigenvalue weighted by atomic mass is 10.2. The Morgan fingerprint density at radius 1 is 1.18 bits per heavy atom. The van der Waals surface area contributed by atoms with Crippen molar-refractivity contribution in [2.24, 2.45) is 0 Å². The molecule has 1 atom stereocenters. The normalized spacial score (nSPS) is 11.7. The van der Waals surface area contributed by atoms with E-state index in [0.29, 0.717) is 24.2 Å². The van der Waals surface area contributed by atoms with Gasteiger partial charge >= 0.3 is 0 Å². The summed E-state index contributed by atoms with van der Waals surface area (Å²) in [7, 11) is 0. The van der Waals surface area contributed by atoms with Crippen LogP contribution in [-0.4, -0.2) is 29.6 Å². The number of carbonyl (C=O) groups is 2. The third kappa shape index (κ3) is 4.46. The smallest absolute Gasteiger partial charge is 0.291 e. The molecule has 0 aliphatic carbocycles. The molecule has 0 fully saturated rings. The molecule has 1 aromatic heterocycles. The number of benzene rings is 1. The summed E-state index contributed by atoms with van der Waals surface area (Å²) in [6.07, 6.45) is 1.48. The molecular weight excluding hydrogens is 284 g/mol. The molecule has 1 aromatic carbocycles. The molecule has 2 aromatic rings. The van der Waals surface area contributed by atoms with Gasteiger partial charge < -0.3 is 20.2 Å². The van der Waals surface area contributed by atoms with E-state index in [9.17, 15) is 9.59 Å². The van der Waals surface area contributed by atoms with Crippen molar-refractivity contribution >= 4 is 17.5 Å². The van der Waals surface area contributed by atoms with Crippen LogP contribution in [0.3, 0.4) is 0 Å². The van der Waals surface area contributed by atoms with Gasteiger partial charge in [0.25, 0.3) is 11.8 Å². The highest BCUT2D eigenvalue weighted by Crippen LogP contribution is 2.11. The van der Waals surface area contributed by atoms with Crippen molar-refractivity contribution in [1.29, 1.82) is 0 Å². The van der Waals surface area contributed by atoms with Gasteiger partial charge in [-0.3, -0.25) is 9.59 Å². The Balaban J connectivity index is 1.90. The Morgan fingerprint density at radius 2 is 1.91 bits per heavy atom. The molecule has 2 amide bonds. The van der Waals surface area contributed by atoms with Crippen LogP contribution in [-0.2, 0) is 0 Å². The Morgan fingerprint density at radius 3 is 2.50 bits per heavy atom. The second kappa shape index (κ2) is 7.42. The molecule has 0 spiro atoms. The molecule has 0 aliphatic heterocycles. The van der Waals surface area contributed by atoms with Crippen molar-refractivity contribution in [1.82, 2.24) is 5.32 Å². The number of nitrogens with one attached hydrogen (secondary N) is 2. The average Bonchev–Trinajstić information content (AvgIpc) is 3.02. The van der Waals surface area contributed by atoms with Gasteiger partial charge in [0.2, 0.25) is 0 Å². The standard InChI is InChI=1S/C16H18N2O4/c1-11(19)8-9-17-15(20)12-4-6-13(7-5-12)18-16(21)14-3-2-10-22-14/h2-7,10-11,19H,8-9H2,1H3,(H,17,20)(H,18,21). The fourth-order valence-corrected chi connectivity index (χ4v) is 1.80. The minimum absolute atomic E-state index is 0.218. The first-order valence-corrected chi connectivity index (χ1v) is 6.97. The Hall–Kier alpha value is -2.60. The Labute approximate surface area is 128 Å². The summed E-state index contributed by atoms with van der Waals surface area (Å²) in [5, 5.41) is 14.5. The average molecular weight is 302 g/mol. The number of amides is 2. The van der Waals surface area contributed by atoms with Gasteiger partial charge in [0.05, 0.1) is 12.4 Å². The summed E-state index contributed by atoms with van der Waals surface area (Å²) in [6.45, 7) is 2.08. The van der Waals surface area contributed by atoms with E-state index in [4.69, 9.17) is 9.52 Å². The lowest BCUT2D eigenvalue weighted by molar-refractivity contribution is 0.0944. The topological polar surface area (TPSA) is 91.6 Å². The molecule has 6 heteroatoms. The third-order valence-corrected chi connectivity index (χ3v) is 3.00. The van der Waals surface area contributed by atoms with Crippen molar-refractivity contribution < 1.29 is 19.1 Å². The summed E-state index contributed by atoms with van der Waals surface area (Å²) < 4.78 is 5.00. The van der Waals surface area contributed by atoms with Gasteiger partial charge in [0.1, 0.15) is 0 Å². The van der Waals surface area contributed by atoms with E-state index in [1.54, 1.807) is 43.3 Å². The first kappa shape index (κ1) is 15.8. The maximum atomic E-state index is 11.9. The second-order valence-corrected chi connectivity index (χ2v) is 4.90. The van der Waals surface area contributed by atoms with Gasteiger partial charge in [-0.1, -0.05) is 0 Å². The van der Waals surface area contributed by atoms with Gasteiger partial charge in [-0.15, -0.1) is 0 Å². The van der Waals surface area contributed by atoms with E-state index >= 15 is 0 Å². The molecule has 116 valence electrons. The largest absolute Gasteiger partial charge is 0.459 e. The number of aliphatic hydroxyl groups is 1. The van der Waals surface area contributed by atoms with Crippen LogP contribution in [0.25, 0.3) is 0 Å². The molecule has 0 radical (unpaired) electrons. The summed E-state index contributed by atoms with van der Waals surface area (Å²) in [6, 6.07) is 9.73. The molecular formula is C16H18N2O4. The highest BCUT2D eigenvalue weighted by atomic mass is 16.3. The van der Waals surface area contributed by atoms with Crippen molar-refractivity contribution in [3.63, 3.8) is 0 Å². The van der Waals surface area contributed by atoms with Crippen LogP contribution in [0, 0.1) is 0 Å². The van der Waals surface area contributed by atoms with E-state index in [-0.39, 0.29) is 17.6 Å². The number of hydrogen-bond acceptors (Lipinski definition) is 4. The molecule has 0 bridgehead atoms. The maximum absolute atomic E-state index is 11.9. The third-order valence-electron chi connectivity index (χ3n) is 3.00. The zero-order valence-corrected chi connectivity index (χ0v) is 12.2. The number of aliphatic hydroxyl groups excluding tert-OH is 1. The van der Waals surface area contributed by atoms with Crippen LogP contribution in [0.1, 0.15) is 34.3 Å². The summed E-state index contributed by atoms with van der Waals surface area (Å²) >= 11 is 0. The summed E-state index contributed by atoms with van der Waals surface area (Å²) in [5.41, 5.74) is 1.06. The minimum atomic E-state index is -0.445. The van der Waals surface area contributed by atoms with Gasteiger partial charge in [0, 0.05) is 17.8 Å². The number of anilines is 1. The molecule has 1 heterocycles. The Kier molecular flexibility index (Phi) is 5.32. The Bertz CT molecular complexity index is 618. The molecule has 2 rings (SSSR count). The van der Waals surface area contributed by atoms with Gasteiger partial charge in [-0.2, -0.15) is 0 Å². The summed E-state index contributed by atoms with van der Waals surface area (Å²) in [5.74, 6) is -0.344. The zero-order chi connectivity index (χ0) is 15.9. The summed E-state index contributed by atoms with van der Waals surface area (Å²) in [4.78, 5) is 23.6. The van der Waals surface area contributed by atoms with Gasteiger partial charge in [-0.25, -0.2) is 0 Å². The van der Waals surface area contributed by atoms with Crippen LogP contribution in [0.5, 0.6) is 0 Å². The molecule has 6 nitrogen and oxygen atoms in total. The van der Waals surface area contributed by atoms with Crippen molar-refractivity contribution in [3.05, 3.63) is 54.0 Å². The van der Waals surface area contributed by atoms with Crippen LogP contribution in [0.2, 0.25) is 0 Å². The monoisotopic (exact) mass is 302 g/mol. The molecule has 1 unspecified atom stereocenters. The first-order chi connectivity index (χ1) is 10.6. The SMILES string of the molecule is CC(O)CCNC(=O)c1ccc(NC(=O)c2ccco2)cc1. The lowest BCUT2D eigenvalue weighted by Crippen LogP contribution is -2.26. The van der Waals surface area contributed by atoms with E-state index in [0.717, 1.165) is 0 Å². The van der Waals surface area contributed by atoms with Crippen LogP contribution in [0.15, 0.2) is 47.1 Å². The quantitative estimate of drug-likeness (QED) is 0.761. The number of hydrogen-bond donors (Lipinski definition) is 3. The predicted molar refractivity (Wildman–Crippen MR) is 81.7 cm³/mol. The second-order valence-electron chi connectivity index (χ2n) is 4.90. The van der Waals surface area contributed by atoms with Crippen molar-refractivity contribution in [3.8, 4) is 0 Å². The lowest BCUT2D eigenvalue weighted by Gasteiger charge is -2.08. The fourth-order valence-electron chi connectivity index (χ4n) is 1.80. The van der Waals surface area contributed by atoms with Crippen LogP contribution in [0.4, 0.5) is 5.69 Å². The molecule has 0 saturated carbocycles. The number of rotatable bonds is 6. The van der Waals surface area contributed by atoms with E-state index < -0.39 is 6.10 Å². The van der Waals surface area contributed by atoms with Crippen molar-refractivity contribution in [2.45, 2.75) is 19.4 Å². The first-order valence-electron chi connectivity index (χ1n) is 6.97. The molecule has 0 aliphatic rings. The van der Waals surface area contributed by atoms with Gasteiger partial charge in [0.15, 0.2) is 5.76 Å². The van der Waals surface area contributed by atoms with Crippen LogP contribution < -0.4 is 10.6 Å². The number of carbonyl (C=O) groups excluding carboxylic acids is 2. The molecule has 22 heavy (non-hydrogen) atoms. The minimum Gasteiger partial charge on any atom is -0.459 e.